The first kappa shape index (κ1) is 23.4. The smallest absolute Gasteiger partial charge is 0.298 e. The Morgan fingerprint density at radius 1 is 0.793 bits per heavy atom. The Hall–Kier alpha value is -1.85. The van der Waals surface area contributed by atoms with Crippen molar-refractivity contribution in [3.8, 4) is 11.5 Å². The number of benzene rings is 2. The molecule has 0 heterocycles. The van der Waals surface area contributed by atoms with Gasteiger partial charge in [-0.3, -0.25) is 4.55 Å². The fourth-order valence-corrected chi connectivity index (χ4v) is 4.07. The van der Waals surface area contributed by atoms with Crippen LogP contribution < -0.4 is 4.74 Å². The maximum absolute atomic E-state index is 11.5. The summed E-state index contributed by atoms with van der Waals surface area (Å²) in [5, 5.41) is 0. The topological polar surface area (TPSA) is 63.6 Å². The lowest BCUT2D eigenvalue weighted by molar-refractivity contribution is 0.449. The molecule has 0 fully saturated rings. The average molecular weight is 419 g/mol. The van der Waals surface area contributed by atoms with Crippen molar-refractivity contribution in [1.29, 1.82) is 0 Å². The van der Waals surface area contributed by atoms with Gasteiger partial charge in [0.1, 0.15) is 16.4 Å². The highest BCUT2D eigenvalue weighted by molar-refractivity contribution is 7.86. The summed E-state index contributed by atoms with van der Waals surface area (Å²) in [4.78, 5) is -0.222. The monoisotopic (exact) mass is 418 g/mol. The molecule has 5 heteroatoms. The van der Waals surface area contributed by atoms with Crippen molar-refractivity contribution in [2.75, 3.05) is 0 Å². The second-order valence-electron chi connectivity index (χ2n) is 7.60. The fraction of sp³-hybridized carbons (Fsp3) is 0.500. The van der Waals surface area contributed by atoms with E-state index in [2.05, 4.69) is 13.0 Å². The minimum absolute atomic E-state index is 0.131. The molecule has 160 valence electrons. The van der Waals surface area contributed by atoms with Gasteiger partial charge in [0.2, 0.25) is 0 Å². The van der Waals surface area contributed by atoms with Gasteiger partial charge in [-0.25, -0.2) is 0 Å². The second-order valence-corrected chi connectivity index (χ2v) is 8.99. The molecule has 0 amide bonds. The van der Waals surface area contributed by atoms with E-state index in [0.717, 1.165) is 12.8 Å². The molecule has 0 aliphatic heterocycles. The fourth-order valence-electron chi connectivity index (χ4n) is 3.46. The van der Waals surface area contributed by atoms with Gasteiger partial charge in [-0.15, -0.1) is 0 Å². The number of para-hydroxylation sites is 1. The van der Waals surface area contributed by atoms with E-state index in [0.29, 0.717) is 5.75 Å². The Bertz CT molecular complexity index is 830. The van der Waals surface area contributed by atoms with Crippen molar-refractivity contribution in [2.45, 2.75) is 82.4 Å². The van der Waals surface area contributed by atoms with Crippen LogP contribution in [0.15, 0.2) is 53.4 Å². The van der Waals surface area contributed by atoms with Crippen molar-refractivity contribution in [3.05, 3.63) is 54.1 Å². The summed E-state index contributed by atoms with van der Waals surface area (Å²) in [5.74, 6) is 0.705. The average Bonchev–Trinajstić information content (AvgIpc) is 2.69. The van der Waals surface area contributed by atoms with Gasteiger partial charge in [0.05, 0.1) is 0 Å². The quantitative estimate of drug-likeness (QED) is 0.260. The first-order valence-electron chi connectivity index (χ1n) is 10.8. The van der Waals surface area contributed by atoms with Gasteiger partial charge >= 0.3 is 0 Å². The van der Waals surface area contributed by atoms with Crippen LogP contribution in [0, 0.1) is 0 Å². The summed E-state index contributed by atoms with van der Waals surface area (Å²) in [5.41, 5.74) is 1.17. The van der Waals surface area contributed by atoms with Crippen molar-refractivity contribution in [1.82, 2.24) is 0 Å². The summed E-state index contributed by atoms with van der Waals surface area (Å²) in [6.07, 6.45) is 14.1. The van der Waals surface area contributed by atoms with Gasteiger partial charge in [0, 0.05) is 0 Å². The van der Waals surface area contributed by atoms with E-state index in [9.17, 15) is 13.0 Å². The van der Waals surface area contributed by atoms with E-state index in [1.807, 2.05) is 12.1 Å². The van der Waals surface area contributed by atoms with E-state index in [1.165, 1.54) is 75.5 Å². The number of ether oxygens (including phenoxy) is 1. The lowest BCUT2D eigenvalue weighted by Gasteiger charge is -2.10. The molecule has 0 saturated carbocycles. The summed E-state index contributed by atoms with van der Waals surface area (Å²) >= 11 is 0. The SMILES string of the molecule is CCCCCCCCCCCCc1cccc(Oc2ccccc2S(=O)(=O)O)c1. The lowest BCUT2D eigenvalue weighted by atomic mass is 10.0. The first-order valence-corrected chi connectivity index (χ1v) is 12.3. The van der Waals surface area contributed by atoms with Crippen LogP contribution in [0.3, 0.4) is 0 Å². The summed E-state index contributed by atoms with van der Waals surface area (Å²) in [6, 6.07) is 13.8. The number of aryl methyl sites for hydroxylation is 1. The molecule has 4 nitrogen and oxygen atoms in total. The number of rotatable bonds is 14. The Balaban J connectivity index is 1.75. The number of hydrogen-bond acceptors (Lipinski definition) is 3. The molecule has 0 radical (unpaired) electrons. The van der Waals surface area contributed by atoms with Crippen LogP contribution in [-0.2, 0) is 16.5 Å². The molecule has 1 N–H and O–H groups in total. The predicted molar refractivity (Wildman–Crippen MR) is 118 cm³/mol. The highest BCUT2D eigenvalue weighted by Gasteiger charge is 2.16. The minimum Gasteiger partial charge on any atom is -0.456 e. The molecule has 0 atom stereocenters. The van der Waals surface area contributed by atoms with E-state index < -0.39 is 10.1 Å². The van der Waals surface area contributed by atoms with Crippen LogP contribution in [0.1, 0.15) is 76.7 Å². The highest BCUT2D eigenvalue weighted by Crippen LogP contribution is 2.29. The largest absolute Gasteiger partial charge is 0.456 e. The van der Waals surface area contributed by atoms with Crippen molar-refractivity contribution in [2.24, 2.45) is 0 Å². The molecule has 2 aromatic rings. The van der Waals surface area contributed by atoms with Gasteiger partial charge in [0.15, 0.2) is 0 Å². The number of unbranched alkanes of at least 4 members (excludes halogenated alkanes) is 9. The molecule has 2 aromatic carbocycles. The zero-order valence-corrected chi connectivity index (χ0v) is 18.3. The second kappa shape index (κ2) is 12.7. The van der Waals surface area contributed by atoms with E-state index in [4.69, 9.17) is 4.74 Å². The third-order valence-electron chi connectivity index (χ3n) is 5.07. The van der Waals surface area contributed by atoms with Gasteiger partial charge in [0.25, 0.3) is 10.1 Å². The molecule has 0 spiro atoms. The van der Waals surface area contributed by atoms with Crippen LogP contribution in [0.25, 0.3) is 0 Å². The maximum Gasteiger partial charge on any atom is 0.298 e. The molecule has 0 bridgehead atoms. The molecule has 0 saturated heterocycles. The van der Waals surface area contributed by atoms with Gasteiger partial charge in [-0.05, 0) is 42.7 Å². The Kier molecular flexibility index (Phi) is 10.2. The molecule has 0 aromatic heterocycles. The zero-order valence-electron chi connectivity index (χ0n) is 17.5. The third kappa shape index (κ3) is 9.01. The Morgan fingerprint density at radius 2 is 1.41 bits per heavy atom. The predicted octanol–water partition coefficient (Wildman–Crippen LogP) is 7.19. The van der Waals surface area contributed by atoms with E-state index in [1.54, 1.807) is 18.2 Å². The molecule has 0 aliphatic carbocycles. The standard InChI is InChI=1S/C24H34O4S/c1-2-3-4-5-6-7-8-9-10-11-15-21-16-14-17-22(20-21)28-23-18-12-13-19-24(23)29(25,26)27/h12-14,16-20H,2-11,15H2,1H3,(H,25,26,27). The summed E-state index contributed by atoms with van der Waals surface area (Å²) in [6.45, 7) is 2.25. The van der Waals surface area contributed by atoms with E-state index >= 15 is 0 Å². The Labute approximate surface area is 176 Å². The van der Waals surface area contributed by atoms with Crippen molar-refractivity contribution in [3.63, 3.8) is 0 Å². The lowest BCUT2D eigenvalue weighted by Crippen LogP contribution is -2.00. The summed E-state index contributed by atoms with van der Waals surface area (Å²) in [7, 11) is -4.32. The molecule has 29 heavy (non-hydrogen) atoms. The molecule has 2 rings (SSSR count). The van der Waals surface area contributed by atoms with Crippen molar-refractivity contribution >= 4 is 10.1 Å². The van der Waals surface area contributed by atoms with Gasteiger partial charge in [-0.1, -0.05) is 89.0 Å². The van der Waals surface area contributed by atoms with Crippen molar-refractivity contribution < 1.29 is 17.7 Å². The van der Waals surface area contributed by atoms with Gasteiger partial charge in [-0.2, -0.15) is 8.42 Å². The first-order chi connectivity index (χ1) is 14.0. The van der Waals surface area contributed by atoms with Crippen LogP contribution in [0.2, 0.25) is 0 Å². The minimum atomic E-state index is -4.32. The maximum atomic E-state index is 11.5. The van der Waals surface area contributed by atoms with Crippen LogP contribution in [0.4, 0.5) is 0 Å². The normalized spacial score (nSPS) is 11.5. The molecular formula is C24H34O4S. The van der Waals surface area contributed by atoms with Gasteiger partial charge < -0.3 is 4.74 Å². The molecular weight excluding hydrogens is 384 g/mol. The highest BCUT2D eigenvalue weighted by atomic mass is 32.2. The van der Waals surface area contributed by atoms with Crippen LogP contribution in [0.5, 0.6) is 11.5 Å². The zero-order chi connectivity index (χ0) is 21.0. The van der Waals surface area contributed by atoms with E-state index in [-0.39, 0.29) is 10.6 Å². The summed E-state index contributed by atoms with van der Waals surface area (Å²) < 4.78 is 38.1. The number of hydrogen-bond donors (Lipinski definition) is 1. The van der Waals surface area contributed by atoms with Crippen LogP contribution in [-0.4, -0.2) is 13.0 Å². The van der Waals surface area contributed by atoms with Crippen LogP contribution >= 0.6 is 0 Å². The molecule has 0 aliphatic rings. The molecule has 0 unspecified atom stereocenters. The Morgan fingerprint density at radius 3 is 2.07 bits per heavy atom. The third-order valence-corrected chi connectivity index (χ3v) is 5.97.